The molecule has 0 saturated carbocycles. The molecule has 3 N–H and O–H groups in total. The Morgan fingerprint density at radius 1 is 0.377 bits per heavy atom. The van der Waals surface area contributed by atoms with Crippen LogP contribution < -0.4 is 0 Å². The fourth-order valence-electron chi connectivity index (χ4n) is 9.76. The third kappa shape index (κ3) is 42.0. The van der Waals surface area contributed by atoms with Gasteiger partial charge in [0.15, 0.2) is 6.29 Å². The standard InChI is InChI=1S/C66H120O11/c1-5-9-12-15-18-21-24-27-30-33-36-39-42-45-48-51-59(67)73-54-58-62(70)63(71)64(72)65(77-58)76-57-66(8-4,55-74-60(68)52-49-46-43-40-37-34-31-28-25-22-19-16-13-10-6-2)56-75-61(69)53-50-47-44-41-38-35-32-29-26-23-20-17-14-11-7-3/h27-32,58,62-65,70-72H,5-26,33-57H2,1-4H3/b30-27-,31-28-,32-29-/t58-,62-,63+,64-,65+/m1/s1. The van der Waals surface area contributed by atoms with Gasteiger partial charge in [0.2, 0.25) is 0 Å². The number of unbranched alkanes of at least 4 members (excludes halogenated alkanes) is 33. The number of aliphatic hydroxyl groups is 3. The van der Waals surface area contributed by atoms with Gasteiger partial charge < -0.3 is 39.0 Å². The number of hydrogen-bond acceptors (Lipinski definition) is 11. The van der Waals surface area contributed by atoms with Crippen LogP contribution in [-0.2, 0) is 38.1 Å². The van der Waals surface area contributed by atoms with Crippen LogP contribution in [0.4, 0.5) is 0 Å². The first-order valence-electron chi connectivity index (χ1n) is 32.4. The minimum absolute atomic E-state index is 0.0838. The summed E-state index contributed by atoms with van der Waals surface area (Å²) in [7, 11) is 0. The summed E-state index contributed by atoms with van der Waals surface area (Å²) < 4.78 is 29.3. The van der Waals surface area contributed by atoms with Crippen LogP contribution in [0.25, 0.3) is 0 Å². The lowest BCUT2D eigenvalue weighted by molar-refractivity contribution is -0.308. The summed E-state index contributed by atoms with van der Waals surface area (Å²) in [5.74, 6) is -1.10. The number of rotatable bonds is 55. The number of hydrogen-bond donors (Lipinski definition) is 3. The Bertz CT molecular complexity index is 1390. The maximum atomic E-state index is 13.1. The maximum Gasteiger partial charge on any atom is 0.305 e. The van der Waals surface area contributed by atoms with E-state index in [4.69, 9.17) is 23.7 Å². The summed E-state index contributed by atoms with van der Waals surface area (Å²) >= 11 is 0. The van der Waals surface area contributed by atoms with Crippen molar-refractivity contribution >= 4 is 17.9 Å². The molecule has 1 fully saturated rings. The zero-order chi connectivity index (χ0) is 56.1. The molecule has 1 saturated heterocycles. The van der Waals surface area contributed by atoms with Crippen molar-refractivity contribution in [2.45, 2.75) is 334 Å². The van der Waals surface area contributed by atoms with Gasteiger partial charge in [-0.25, -0.2) is 0 Å². The number of allylic oxidation sites excluding steroid dienone is 6. The molecule has 1 heterocycles. The average Bonchev–Trinajstić information content (AvgIpc) is 3.43. The molecule has 11 nitrogen and oxygen atoms in total. The Morgan fingerprint density at radius 3 is 1.00 bits per heavy atom. The minimum atomic E-state index is -1.63. The van der Waals surface area contributed by atoms with E-state index in [2.05, 4.69) is 57.2 Å². The second-order valence-electron chi connectivity index (χ2n) is 22.7. The van der Waals surface area contributed by atoms with Crippen molar-refractivity contribution in [1.29, 1.82) is 0 Å². The zero-order valence-corrected chi connectivity index (χ0v) is 50.2. The van der Waals surface area contributed by atoms with Crippen LogP contribution in [-0.4, -0.2) is 90.4 Å². The maximum absolute atomic E-state index is 13.1. The predicted molar refractivity (Wildman–Crippen MR) is 317 cm³/mol. The van der Waals surface area contributed by atoms with Gasteiger partial charge in [0, 0.05) is 19.3 Å². The first-order chi connectivity index (χ1) is 37.6. The molecule has 0 aromatic carbocycles. The number of ether oxygens (including phenoxy) is 5. The zero-order valence-electron chi connectivity index (χ0n) is 50.2. The van der Waals surface area contributed by atoms with E-state index in [9.17, 15) is 29.7 Å². The van der Waals surface area contributed by atoms with Crippen LogP contribution >= 0.6 is 0 Å². The van der Waals surface area contributed by atoms with Gasteiger partial charge in [0.05, 0.1) is 12.0 Å². The monoisotopic (exact) mass is 1090 g/mol. The first kappa shape index (κ1) is 72.4. The molecule has 77 heavy (non-hydrogen) atoms. The van der Waals surface area contributed by atoms with Gasteiger partial charge in [0.1, 0.15) is 44.2 Å². The van der Waals surface area contributed by atoms with Gasteiger partial charge in [-0.1, -0.05) is 218 Å². The normalized spacial score (nSPS) is 18.0. The van der Waals surface area contributed by atoms with Crippen LogP contribution in [0.5, 0.6) is 0 Å². The van der Waals surface area contributed by atoms with Crippen molar-refractivity contribution in [2.24, 2.45) is 5.41 Å². The molecular weight excluding hydrogens is 969 g/mol. The van der Waals surface area contributed by atoms with Crippen molar-refractivity contribution in [3.63, 3.8) is 0 Å². The van der Waals surface area contributed by atoms with E-state index in [-0.39, 0.29) is 57.6 Å². The molecule has 1 aliphatic rings. The van der Waals surface area contributed by atoms with Crippen LogP contribution in [0.15, 0.2) is 36.5 Å². The van der Waals surface area contributed by atoms with E-state index in [1.807, 2.05) is 6.92 Å². The second kappa shape index (κ2) is 52.8. The second-order valence-corrected chi connectivity index (χ2v) is 22.7. The first-order valence-corrected chi connectivity index (χ1v) is 32.4. The molecule has 0 aromatic heterocycles. The summed E-state index contributed by atoms with van der Waals surface area (Å²) in [6, 6.07) is 0. The minimum Gasteiger partial charge on any atom is -0.465 e. The molecule has 1 rings (SSSR count). The molecule has 0 radical (unpaired) electrons. The van der Waals surface area contributed by atoms with Gasteiger partial charge in [0.25, 0.3) is 0 Å². The van der Waals surface area contributed by atoms with Gasteiger partial charge in [-0.15, -0.1) is 0 Å². The van der Waals surface area contributed by atoms with Gasteiger partial charge in [-0.05, 0) is 103 Å². The van der Waals surface area contributed by atoms with E-state index in [1.165, 1.54) is 128 Å². The highest BCUT2D eigenvalue weighted by atomic mass is 16.7. The summed E-state index contributed by atoms with van der Waals surface area (Å²) in [5, 5.41) is 32.7. The lowest BCUT2D eigenvalue weighted by Crippen LogP contribution is -2.60. The lowest BCUT2D eigenvalue weighted by Gasteiger charge is -2.41. The van der Waals surface area contributed by atoms with Crippen LogP contribution in [0, 0.1) is 5.41 Å². The Morgan fingerprint density at radius 2 is 0.675 bits per heavy atom. The summed E-state index contributed by atoms with van der Waals surface area (Å²) in [4.78, 5) is 38.9. The van der Waals surface area contributed by atoms with E-state index in [1.54, 1.807) is 0 Å². The fraction of sp³-hybridized carbons (Fsp3) is 0.864. The Labute approximate surface area is 472 Å². The van der Waals surface area contributed by atoms with Crippen molar-refractivity contribution in [1.82, 2.24) is 0 Å². The van der Waals surface area contributed by atoms with Crippen molar-refractivity contribution in [3.05, 3.63) is 36.5 Å². The fourth-order valence-corrected chi connectivity index (χ4v) is 9.76. The smallest absolute Gasteiger partial charge is 0.305 e. The van der Waals surface area contributed by atoms with Gasteiger partial charge >= 0.3 is 17.9 Å². The number of esters is 3. The molecule has 450 valence electrons. The number of carbonyl (C=O) groups excluding carboxylic acids is 3. The van der Waals surface area contributed by atoms with Crippen LogP contribution in [0.1, 0.15) is 304 Å². The molecule has 0 amide bonds. The van der Waals surface area contributed by atoms with Gasteiger partial charge in [-0.3, -0.25) is 14.4 Å². The van der Waals surface area contributed by atoms with E-state index in [0.717, 1.165) is 116 Å². The lowest BCUT2D eigenvalue weighted by atomic mass is 9.87. The summed E-state index contributed by atoms with van der Waals surface area (Å²) in [6.07, 6.45) is 53.2. The number of carbonyl (C=O) groups is 3. The molecule has 0 aromatic rings. The summed E-state index contributed by atoms with van der Waals surface area (Å²) in [5.41, 5.74) is -0.980. The molecule has 5 atom stereocenters. The molecule has 0 spiro atoms. The van der Waals surface area contributed by atoms with Gasteiger partial charge in [-0.2, -0.15) is 0 Å². The quantitative estimate of drug-likeness (QED) is 0.0230. The average molecular weight is 1090 g/mol. The molecule has 0 bridgehead atoms. The SMILES string of the molecule is CCCCCCCC/C=C\CCCCCCCC(=O)OC[C@H]1O[C@H](OCC(CC)(COC(=O)CCCCCCC/C=C\CCCCCCCC)COC(=O)CCCCCCC/C=C\CCCCCCCC)[C@H](O)[C@@H](O)[C@@H]1O. The highest BCUT2D eigenvalue weighted by Gasteiger charge is 2.46. The Kier molecular flexibility index (Phi) is 49.7. The largest absolute Gasteiger partial charge is 0.465 e. The summed E-state index contributed by atoms with van der Waals surface area (Å²) in [6.45, 7) is 8.01. The van der Waals surface area contributed by atoms with Crippen molar-refractivity contribution in [3.8, 4) is 0 Å². The topological polar surface area (TPSA) is 158 Å². The molecule has 11 heteroatoms. The van der Waals surface area contributed by atoms with Crippen LogP contribution in [0.2, 0.25) is 0 Å². The van der Waals surface area contributed by atoms with Crippen LogP contribution in [0.3, 0.4) is 0 Å². The highest BCUT2D eigenvalue weighted by Crippen LogP contribution is 2.29. The third-order valence-electron chi connectivity index (χ3n) is 15.4. The molecule has 0 aliphatic carbocycles. The van der Waals surface area contributed by atoms with E-state index < -0.39 is 42.1 Å². The van der Waals surface area contributed by atoms with Crippen molar-refractivity contribution in [2.75, 3.05) is 26.4 Å². The highest BCUT2D eigenvalue weighted by molar-refractivity contribution is 5.70. The third-order valence-corrected chi connectivity index (χ3v) is 15.4. The molecular formula is C66H120O11. The Hall–Kier alpha value is -2.57. The molecule has 0 unspecified atom stereocenters. The number of aliphatic hydroxyl groups excluding tert-OH is 3. The van der Waals surface area contributed by atoms with E-state index in [0.29, 0.717) is 12.8 Å². The Balaban J connectivity index is 2.64. The van der Waals surface area contributed by atoms with Crippen molar-refractivity contribution < 1.29 is 53.4 Å². The predicted octanol–water partition coefficient (Wildman–Crippen LogP) is 16.9. The molecule has 1 aliphatic heterocycles. The van der Waals surface area contributed by atoms with E-state index >= 15 is 0 Å².